The molecule has 0 spiro atoms. The summed E-state index contributed by atoms with van der Waals surface area (Å²) in [6, 6.07) is 6.85. The number of hydrogen-bond acceptors (Lipinski definition) is 4. The lowest BCUT2D eigenvalue weighted by atomic mass is 9.92. The molecule has 0 radical (unpaired) electrons. The molecule has 0 saturated heterocycles. The van der Waals surface area contributed by atoms with Crippen molar-refractivity contribution in [1.82, 2.24) is 5.32 Å². The van der Waals surface area contributed by atoms with Crippen molar-refractivity contribution in [2.75, 3.05) is 6.54 Å². The van der Waals surface area contributed by atoms with Crippen LogP contribution in [0.2, 0.25) is 4.34 Å². The number of nitrogens with one attached hydrogen (secondary N) is 1. The van der Waals surface area contributed by atoms with Crippen molar-refractivity contribution >= 4 is 22.9 Å². The molecule has 1 aromatic carbocycles. The summed E-state index contributed by atoms with van der Waals surface area (Å²) in [5.41, 5.74) is 1.67. The van der Waals surface area contributed by atoms with Gasteiger partial charge in [-0.25, -0.2) is 8.78 Å². The number of thiophene rings is 1. The number of aliphatic hydroxyl groups is 1. The third kappa shape index (κ3) is 3.63. The largest absolute Gasteiger partial charge is 0.462 e. The molecular formula is C21H16ClF2NO2S. The van der Waals surface area contributed by atoms with Crippen molar-refractivity contribution < 1.29 is 18.3 Å². The van der Waals surface area contributed by atoms with E-state index in [0.717, 1.165) is 6.07 Å². The van der Waals surface area contributed by atoms with Crippen LogP contribution in [0.4, 0.5) is 8.78 Å². The normalized spacial score (nSPS) is 15.1. The quantitative estimate of drug-likeness (QED) is 0.504. The number of furan rings is 1. The number of benzene rings is 1. The fourth-order valence-electron chi connectivity index (χ4n) is 3.18. The van der Waals surface area contributed by atoms with E-state index >= 15 is 0 Å². The van der Waals surface area contributed by atoms with E-state index in [1.807, 2.05) is 12.2 Å². The van der Waals surface area contributed by atoms with Gasteiger partial charge in [-0.2, -0.15) is 0 Å². The molecule has 1 unspecified atom stereocenters. The van der Waals surface area contributed by atoms with Gasteiger partial charge in [0.05, 0.1) is 15.5 Å². The van der Waals surface area contributed by atoms with Crippen molar-refractivity contribution in [3.63, 3.8) is 0 Å². The molecular weight excluding hydrogens is 404 g/mol. The summed E-state index contributed by atoms with van der Waals surface area (Å²) in [6.07, 6.45) is 6.56. The molecule has 0 aliphatic carbocycles. The number of rotatable bonds is 4. The molecule has 2 aromatic heterocycles. The van der Waals surface area contributed by atoms with Crippen LogP contribution in [0, 0.1) is 11.6 Å². The first-order valence-corrected chi connectivity index (χ1v) is 9.82. The van der Waals surface area contributed by atoms with Crippen LogP contribution in [-0.2, 0) is 0 Å². The van der Waals surface area contributed by atoms with Crippen molar-refractivity contribution in [2.24, 2.45) is 0 Å². The number of hydrogen-bond donors (Lipinski definition) is 2. The predicted molar refractivity (Wildman–Crippen MR) is 107 cm³/mol. The fraction of sp³-hybridized carbons (Fsp3) is 0.143. The lowest BCUT2D eigenvalue weighted by molar-refractivity contribution is 0.213. The molecule has 0 amide bonds. The molecule has 144 valence electrons. The third-order valence-corrected chi connectivity index (χ3v) is 5.75. The maximum atomic E-state index is 14.5. The average molecular weight is 420 g/mol. The van der Waals surface area contributed by atoms with Gasteiger partial charge in [-0.1, -0.05) is 23.8 Å². The van der Waals surface area contributed by atoms with E-state index in [1.165, 1.54) is 29.7 Å². The molecule has 28 heavy (non-hydrogen) atoms. The van der Waals surface area contributed by atoms with Gasteiger partial charge >= 0.3 is 0 Å². The van der Waals surface area contributed by atoms with E-state index in [0.29, 0.717) is 44.6 Å². The van der Waals surface area contributed by atoms with Gasteiger partial charge in [0.1, 0.15) is 17.7 Å². The minimum Gasteiger partial charge on any atom is -0.462 e. The smallest absolute Gasteiger partial charge is 0.150 e. The molecule has 3 heterocycles. The van der Waals surface area contributed by atoms with Crippen molar-refractivity contribution in [2.45, 2.75) is 12.5 Å². The third-order valence-electron chi connectivity index (χ3n) is 4.52. The van der Waals surface area contributed by atoms with Gasteiger partial charge in [-0.05, 0) is 42.5 Å². The van der Waals surface area contributed by atoms with Crippen molar-refractivity contribution in [1.29, 1.82) is 0 Å². The van der Waals surface area contributed by atoms with E-state index < -0.39 is 17.7 Å². The summed E-state index contributed by atoms with van der Waals surface area (Å²) >= 11 is 7.36. The summed E-state index contributed by atoms with van der Waals surface area (Å²) in [5.74, 6) is -0.979. The number of allylic oxidation sites excluding steroid dienone is 1. The molecule has 0 bridgehead atoms. The van der Waals surface area contributed by atoms with Crippen LogP contribution in [-0.4, -0.2) is 11.7 Å². The van der Waals surface area contributed by atoms with Gasteiger partial charge in [0.2, 0.25) is 0 Å². The zero-order chi connectivity index (χ0) is 19.7. The Kier molecular flexibility index (Phi) is 5.35. The van der Waals surface area contributed by atoms with Gasteiger partial charge in [0.25, 0.3) is 0 Å². The van der Waals surface area contributed by atoms with E-state index in [2.05, 4.69) is 5.32 Å². The number of halogens is 3. The van der Waals surface area contributed by atoms with Crippen LogP contribution >= 0.6 is 22.9 Å². The minimum atomic E-state index is -1.04. The Hall–Kier alpha value is -2.41. The second kappa shape index (κ2) is 7.91. The highest BCUT2D eigenvalue weighted by Crippen LogP contribution is 2.44. The summed E-state index contributed by atoms with van der Waals surface area (Å²) in [5, 5.41) is 14.3. The highest BCUT2D eigenvalue weighted by atomic mass is 35.5. The predicted octanol–water partition coefficient (Wildman–Crippen LogP) is 6.07. The van der Waals surface area contributed by atoms with Gasteiger partial charge in [-0.3, -0.25) is 0 Å². The number of aliphatic hydroxyl groups excluding tert-OH is 1. The van der Waals surface area contributed by atoms with Crippen molar-refractivity contribution in [3.05, 3.63) is 82.1 Å². The van der Waals surface area contributed by atoms with Crippen LogP contribution in [0.1, 0.15) is 18.1 Å². The Balaban J connectivity index is 1.88. The van der Waals surface area contributed by atoms with E-state index in [1.54, 1.807) is 18.3 Å². The summed E-state index contributed by atoms with van der Waals surface area (Å²) in [7, 11) is 0. The molecule has 1 aliphatic heterocycles. The SMILES string of the molecule is OC(C1=CNCC=CC1)c1c(-c2ccc(F)cc2F)coc1-c1ccc(Cl)s1. The van der Waals surface area contributed by atoms with Crippen LogP contribution in [0.25, 0.3) is 21.8 Å². The van der Waals surface area contributed by atoms with Crippen LogP contribution in [0.3, 0.4) is 0 Å². The maximum Gasteiger partial charge on any atom is 0.150 e. The van der Waals surface area contributed by atoms with Crippen LogP contribution in [0.15, 0.2) is 64.9 Å². The molecule has 4 rings (SSSR count). The Morgan fingerprint density at radius 3 is 2.75 bits per heavy atom. The van der Waals surface area contributed by atoms with Gasteiger partial charge < -0.3 is 14.8 Å². The highest BCUT2D eigenvalue weighted by molar-refractivity contribution is 7.19. The fourth-order valence-corrected chi connectivity index (χ4v) is 4.22. The zero-order valence-corrected chi connectivity index (χ0v) is 16.2. The molecule has 3 nitrogen and oxygen atoms in total. The van der Waals surface area contributed by atoms with Gasteiger partial charge in [0, 0.05) is 29.3 Å². The van der Waals surface area contributed by atoms with Gasteiger partial charge in [-0.15, -0.1) is 11.3 Å². The average Bonchev–Trinajstić information content (AvgIpc) is 3.18. The molecule has 0 saturated carbocycles. The van der Waals surface area contributed by atoms with E-state index in [4.69, 9.17) is 16.0 Å². The summed E-state index contributed by atoms with van der Waals surface area (Å²) in [4.78, 5) is 0.713. The highest BCUT2D eigenvalue weighted by Gasteiger charge is 2.27. The first-order valence-electron chi connectivity index (χ1n) is 8.62. The second-order valence-corrected chi connectivity index (χ2v) is 8.04. The maximum absolute atomic E-state index is 14.5. The monoisotopic (exact) mass is 419 g/mol. The van der Waals surface area contributed by atoms with Crippen LogP contribution in [0.5, 0.6) is 0 Å². The van der Waals surface area contributed by atoms with E-state index in [-0.39, 0.29) is 5.56 Å². The Morgan fingerprint density at radius 2 is 2.00 bits per heavy atom. The first-order chi connectivity index (χ1) is 13.5. The minimum absolute atomic E-state index is 0.158. The molecule has 1 atom stereocenters. The Bertz CT molecular complexity index is 1070. The van der Waals surface area contributed by atoms with Crippen LogP contribution < -0.4 is 5.32 Å². The standard InChI is InChI=1S/C21H16ClF2NO2S/c22-18-7-6-17(28-18)21-19(20(26)12-3-1-2-8-25-10-12)15(11-27-21)14-5-4-13(23)9-16(14)24/h1-2,4-7,9-11,20,25-26H,3,8H2. The molecule has 7 heteroatoms. The van der Waals surface area contributed by atoms with E-state index in [9.17, 15) is 13.9 Å². The molecule has 1 aliphatic rings. The Labute approximate surface area is 169 Å². The summed E-state index contributed by atoms with van der Waals surface area (Å²) < 4.78 is 34.2. The molecule has 3 aromatic rings. The second-order valence-electron chi connectivity index (χ2n) is 6.33. The zero-order valence-electron chi connectivity index (χ0n) is 14.6. The van der Waals surface area contributed by atoms with Gasteiger partial charge in [0.15, 0.2) is 5.76 Å². The Morgan fingerprint density at radius 1 is 1.14 bits per heavy atom. The first kappa shape index (κ1) is 18.9. The molecule has 2 N–H and O–H groups in total. The molecule has 0 fully saturated rings. The summed E-state index contributed by atoms with van der Waals surface area (Å²) in [6.45, 7) is 0.661. The lowest BCUT2D eigenvalue weighted by Crippen LogP contribution is -2.08. The van der Waals surface area contributed by atoms with Crippen molar-refractivity contribution in [3.8, 4) is 21.8 Å². The lowest BCUT2D eigenvalue weighted by Gasteiger charge is -2.16. The topological polar surface area (TPSA) is 45.4 Å².